The van der Waals surface area contributed by atoms with Crippen molar-refractivity contribution < 1.29 is 14.6 Å². The van der Waals surface area contributed by atoms with Crippen LogP contribution in [0, 0.1) is 20.8 Å². The van der Waals surface area contributed by atoms with Gasteiger partial charge in [-0.15, -0.1) is 12.4 Å². The van der Waals surface area contributed by atoms with E-state index in [0.717, 1.165) is 28.0 Å². The zero-order valence-electron chi connectivity index (χ0n) is 13.6. The fourth-order valence-electron chi connectivity index (χ4n) is 2.78. The summed E-state index contributed by atoms with van der Waals surface area (Å²) < 4.78 is 6.06. The molecule has 6 heteroatoms. The molecule has 0 aliphatic carbocycles. The van der Waals surface area contributed by atoms with Gasteiger partial charge >= 0.3 is 0 Å². The molecule has 1 aliphatic heterocycles. The molecule has 0 radical (unpaired) electrons. The van der Waals surface area contributed by atoms with Gasteiger partial charge in [-0.05, 0) is 50.8 Å². The second-order valence-electron chi connectivity index (χ2n) is 5.91. The first kappa shape index (κ1) is 18.6. The van der Waals surface area contributed by atoms with E-state index < -0.39 is 5.60 Å². The van der Waals surface area contributed by atoms with Crippen LogP contribution in [-0.2, 0) is 11.2 Å². The van der Waals surface area contributed by atoms with E-state index in [0.29, 0.717) is 31.7 Å². The molecular weight excluding hydrogens is 304 g/mol. The summed E-state index contributed by atoms with van der Waals surface area (Å²) in [5.74, 6) is 0.923. The summed E-state index contributed by atoms with van der Waals surface area (Å²) in [6, 6.07) is 0. The number of nitrogens with two attached hydrogens (primary N) is 1. The number of fused-ring (bicyclic) bond motifs is 1. The summed E-state index contributed by atoms with van der Waals surface area (Å²) in [5, 5.41) is 12.9. The highest BCUT2D eigenvalue weighted by atomic mass is 35.5. The van der Waals surface area contributed by atoms with Crippen LogP contribution in [0.1, 0.15) is 35.6 Å². The minimum absolute atomic E-state index is 0. The van der Waals surface area contributed by atoms with Crippen molar-refractivity contribution in [3.63, 3.8) is 0 Å². The molecule has 0 spiro atoms. The number of nitrogens with one attached hydrogen (secondary N) is 1. The fourth-order valence-corrected chi connectivity index (χ4v) is 2.78. The van der Waals surface area contributed by atoms with Crippen molar-refractivity contribution in [1.82, 2.24) is 5.32 Å². The smallest absolute Gasteiger partial charge is 0.263 e. The van der Waals surface area contributed by atoms with Crippen LogP contribution in [0.2, 0.25) is 0 Å². The highest BCUT2D eigenvalue weighted by molar-refractivity contribution is 5.86. The Morgan fingerprint density at radius 2 is 1.95 bits per heavy atom. The summed E-state index contributed by atoms with van der Waals surface area (Å²) >= 11 is 0. The van der Waals surface area contributed by atoms with E-state index >= 15 is 0 Å². The van der Waals surface area contributed by atoms with E-state index in [1.54, 1.807) is 6.92 Å². The number of hydrogen-bond donors (Lipinski definition) is 3. The van der Waals surface area contributed by atoms with E-state index in [2.05, 4.69) is 5.32 Å². The Hall–Kier alpha value is -1.46. The predicted molar refractivity (Wildman–Crippen MR) is 89.0 cm³/mol. The maximum Gasteiger partial charge on any atom is 0.263 e. The molecule has 0 fully saturated rings. The number of phenols is 1. The summed E-state index contributed by atoms with van der Waals surface area (Å²) in [6.45, 7) is 8.32. The van der Waals surface area contributed by atoms with Crippen LogP contribution < -0.4 is 15.8 Å². The molecule has 1 aliphatic rings. The first-order valence-electron chi connectivity index (χ1n) is 7.30. The highest BCUT2D eigenvalue weighted by Crippen LogP contribution is 2.43. The maximum absolute atomic E-state index is 12.3. The van der Waals surface area contributed by atoms with Crippen molar-refractivity contribution in [3.8, 4) is 11.5 Å². The molecule has 5 nitrogen and oxygen atoms in total. The fraction of sp³-hybridized carbons (Fsp3) is 0.562. The van der Waals surface area contributed by atoms with Gasteiger partial charge in [-0.2, -0.15) is 0 Å². The quantitative estimate of drug-likeness (QED) is 0.791. The highest BCUT2D eigenvalue weighted by Gasteiger charge is 2.40. The molecule has 1 heterocycles. The maximum atomic E-state index is 12.3. The molecule has 0 bridgehead atoms. The third-order valence-corrected chi connectivity index (χ3v) is 4.43. The Kier molecular flexibility index (Phi) is 5.70. The Morgan fingerprint density at radius 1 is 1.32 bits per heavy atom. The molecule has 1 aromatic carbocycles. The number of ether oxygens (including phenoxy) is 1. The molecule has 124 valence electrons. The van der Waals surface area contributed by atoms with Crippen LogP contribution in [0.5, 0.6) is 11.5 Å². The molecule has 0 saturated heterocycles. The third kappa shape index (κ3) is 3.01. The van der Waals surface area contributed by atoms with E-state index in [1.165, 1.54) is 0 Å². The van der Waals surface area contributed by atoms with Crippen molar-refractivity contribution in [2.24, 2.45) is 5.73 Å². The average Bonchev–Trinajstić information content (AvgIpc) is 2.48. The second-order valence-corrected chi connectivity index (χ2v) is 5.91. The Balaban J connectivity index is 0.00000242. The van der Waals surface area contributed by atoms with Gasteiger partial charge in [-0.1, -0.05) is 0 Å². The third-order valence-electron chi connectivity index (χ3n) is 4.43. The minimum atomic E-state index is -0.886. The molecule has 0 aromatic heterocycles. The van der Waals surface area contributed by atoms with Gasteiger partial charge in [0, 0.05) is 25.1 Å². The first-order chi connectivity index (χ1) is 9.81. The lowest BCUT2D eigenvalue weighted by Crippen LogP contribution is -2.51. The van der Waals surface area contributed by atoms with Gasteiger partial charge in [0.15, 0.2) is 5.60 Å². The van der Waals surface area contributed by atoms with Crippen molar-refractivity contribution in [1.29, 1.82) is 0 Å². The van der Waals surface area contributed by atoms with E-state index in [1.807, 2.05) is 20.8 Å². The van der Waals surface area contributed by atoms with Crippen LogP contribution in [0.25, 0.3) is 0 Å². The number of halogens is 1. The van der Waals surface area contributed by atoms with Gasteiger partial charge in [-0.25, -0.2) is 0 Å². The van der Waals surface area contributed by atoms with Gasteiger partial charge in [-0.3, -0.25) is 4.79 Å². The number of amides is 1. The van der Waals surface area contributed by atoms with Gasteiger partial charge in [0.2, 0.25) is 0 Å². The van der Waals surface area contributed by atoms with Crippen LogP contribution in [-0.4, -0.2) is 29.7 Å². The Bertz CT molecular complexity index is 589. The largest absolute Gasteiger partial charge is 0.507 e. The number of rotatable bonds is 3. The number of phenolic OH excluding ortho intramolecular Hbond substituents is 1. The second kappa shape index (κ2) is 6.75. The van der Waals surface area contributed by atoms with E-state index in [4.69, 9.17) is 10.5 Å². The topological polar surface area (TPSA) is 84.6 Å². The van der Waals surface area contributed by atoms with Gasteiger partial charge in [0.1, 0.15) is 11.5 Å². The number of carbonyl (C=O) groups excluding carboxylic acids is 1. The number of aromatic hydroxyl groups is 1. The number of benzene rings is 1. The monoisotopic (exact) mass is 328 g/mol. The van der Waals surface area contributed by atoms with Gasteiger partial charge < -0.3 is 20.9 Å². The first-order valence-corrected chi connectivity index (χ1v) is 7.30. The molecular formula is C16H25ClN2O3. The standard InChI is InChI=1S/C16H24N2O3.ClH/c1-9-10(2)14-12(11(3)13(9)19)5-6-16(4,21-14)15(20)18-8-7-17;/h19H,5-8,17H2,1-4H3,(H,18,20);1H. The van der Waals surface area contributed by atoms with Crippen molar-refractivity contribution in [2.45, 2.75) is 46.1 Å². The van der Waals surface area contributed by atoms with Crippen LogP contribution in [0.3, 0.4) is 0 Å². The van der Waals surface area contributed by atoms with Crippen LogP contribution in [0.15, 0.2) is 0 Å². The van der Waals surface area contributed by atoms with Gasteiger partial charge in [0.05, 0.1) is 0 Å². The zero-order chi connectivity index (χ0) is 15.8. The SMILES string of the molecule is Cc1c(C)c2c(c(C)c1O)CCC(C)(C(=O)NCCN)O2.Cl. The summed E-state index contributed by atoms with van der Waals surface area (Å²) in [7, 11) is 0. The Morgan fingerprint density at radius 3 is 2.55 bits per heavy atom. The molecule has 2 rings (SSSR count). The zero-order valence-corrected chi connectivity index (χ0v) is 14.4. The average molecular weight is 329 g/mol. The Labute approximate surface area is 137 Å². The molecule has 4 N–H and O–H groups in total. The van der Waals surface area contributed by atoms with Crippen LogP contribution in [0.4, 0.5) is 0 Å². The van der Waals surface area contributed by atoms with Crippen molar-refractivity contribution in [2.75, 3.05) is 13.1 Å². The summed E-state index contributed by atoms with van der Waals surface area (Å²) in [5.41, 5.74) is 8.08. The normalized spacial score (nSPS) is 19.7. The van der Waals surface area contributed by atoms with E-state index in [-0.39, 0.29) is 18.3 Å². The lowest BCUT2D eigenvalue weighted by molar-refractivity contribution is -0.136. The lowest BCUT2D eigenvalue weighted by Gasteiger charge is -2.36. The summed E-state index contributed by atoms with van der Waals surface area (Å²) in [4.78, 5) is 12.3. The molecule has 1 aromatic rings. The number of carbonyl (C=O) groups is 1. The molecule has 1 atom stereocenters. The number of hydrogen-bond acceptors (Lipinski definition) is 4. The lowest BCUT2D eigenvalue weighted by atomic mass is 9.86. The summed E-state index contributed by atoms with van der Waals surface area (Å²) in [6.07, 6.45) is 1.29. The van der Waals surface area contributed by atoms with Crippen LogP contribution >= 0.6 is 12.4 Å². The van der Waals surface area contributed by atoms with Crippen molar-refractivity contribution in [3.05, 3.63) is 22.3 Å². The van der Waals surface area contributed by atoms with Crippen molar-refractivity contribution >= 4 is 18.3 Å². The van der Waals surface area contributed by atoms with Gasteiger partial charge in [0.25, 0.3) is 5.91 Å². The molecule has 22 heavy (non-hydrogen) atoms. The molecule has 1 amide bonds. The molecule has 0 saturated carbocycles. The predicted octanol–water partition coefficient (Wildman–Crippen LogP) is 1.90. The molecule has 1 unspecified atom stereocenters. The minimum Gasteiger partial charge on any atom is -0.507 e. The van der Waals surface area contributed by atoms with E-state index in [9.17, 15) is 9.90 Å².